The Morgan fingerprint density at radius 2 is 1.85 bits per heavy atom. The summed E-state index contributed by atoms with van der Waals surface area (Å²) in [7, 11) is 0. The van der Waals surface area contributed by atoms with Gasteiger partial charge in [0, 0.05) is 43.0 Å². The van der Waals surface area contributed by atoms with Gasteiger partial charge in [-0.25, -0.2) is 4.98 Å². The quantitative estimate of drug-likeness (QED) is 0.430. The average Bonchev–Trinajstić information content (AvgIpc) is 3.50. The first kappa shape index (κ1) is 20.7. The van der Waals surface area contributed by atoms with E-state index in [4.69, 9.17) is 19.7 Å². The van der Waals surface area contributed by atoms with Gasteiger partial charge in [-0.2, -0.15) is 19.7 Å². The summed E-state index contributed by atoms with van der Waals surface area (Å²) in [6, 6.07) is 9.67. The minimum absolute atomic E-state index is 0.0437. The molecule has 0 spiro atoms. The molecular formula is C24H24N8O2. The summed E-state index contributed by atoms with van der Waals surface area (Å²) in [6.07, 6.45) is 5.32. The number of anilines is 1. The van der Waals surface area contributed by atoms with E-state index >= 15 is 0 Å². The Morgan fingerprint density at radius 3 is 2.62 bits per heavy atom. The number of hydrogen-bond acceptors (Lipinski definition) is 8. The molecule has 0 aliphatic carbocycles. The van der Waals surface area contributed by atoms with Crippen molar-refractivity contribution in [2.45, 2.75) is 20.1 Å². The number of rotatable bonds is 5. The predicted molar refractivity (Wildman–Crippen MR) is 128 cm³/mol. The summed E-state index contributed by atoms with van der Waals surface area (Å²) < 4.78 is 9.41. The second-order valence-corrected chi connectivity index (χ2v) is 8.14. The van der Waals surface area contributed by atoms with E-state index in [1.165, 1.54) is 0 Å². The highest BCUT2D eigenvalue weighted by Gasteiger charge is 2.24. The number of morpholine rings is 1. The fourth-order valence-corrected chi connectivity index (χ4v) is 4.41. The number of nitrogens with zero attached hydrogens (tertiary/aromatic N) is 8. The molecular weight excluding hydrogens is 432 g/mol. The van der Waals surface area contributed by atoms with E-state index < -0.39 is 0 Å². The monoisotopic (exact) mass is 456 g/mol. The van der Waals surface area contributed by atoms with E-state index in [1.807, 2.05) is 30.3 Å². The van der Waals surface area contributed by atoms with Gasteiger partial charge in [-0.15, -0.1) is 0 Å². The summed E-state index contributed by atoms with van der Waals surface area (Å²) in [5.41, 5.74) is 4.13. The minimum Gasteiger partial charge on any atom is -0.392 e. The normalized spacial score (nSPS) is 14.4. The van der Waals surface area contributed by atoms with Crippen molar-refractivity contribution in [1.82, 2.24) is 34.3 Å². The topological polar surface area (TPSA) is 107 Å². The van der Waals surface area contributed by atoms with Crippen LogP contribution in [-0.4, -0.2) is 65.7 Å². The highest BCUT2D eigenvalue weighted by Crippen LogP contribution is 2.31. The van der Waals surface area contributed by atoms with Gasteiger partial charge in [0.05, 0.1) is 31.5 Å². The first-order valence-electron chi connectivity index (χ1n) is 11.4. The van der Waals surface area contributed by atoms with Crippen LogP contribution in [0, 0.1) is 0 Å². The first-order chi connectivity index (χ1) is 16.8. The van der Waals surface area contributed by atoms with Gasteiger partial charge in [0.1, 0.15) is 5.82 Å². The predicted octanol–water partition coefficient (Wildman–Crippen LogP) is 2.58. The summed E-state index contributed by atoms with van der Waals surface area (Å²) >= 11 is 0. The average molecular weight is 457 g/mol. The van der Waals surface area contributed by atoms with Gasteiger partial charge in [-0.1, -0.05) is 12.1 Å². The number of fused-ring (bicyclic) bond motifs is 2. The Balaban J connectivity index is 1.62. The van der Waals surface area contributed by atoms with Crippen molar-refractivity contribution >= 4 is 27.9 Å². The Hall–Kier alpha value is -3.89. The fraction of sp³-hybridized carbons (Fsp3) is 0.292. The number of ether oxygens (including phenoxy) is 1. The molecule has 0 saturated carbocycles. The SMILES string of the molecule is CCn1c(-c2ccncc2)nc2c(N3CCOCC3)nc(-n3ncc4ccc(CO)cc43)nc21. The molecule has 5 heterocycles. The van der Waals surface area contributed by atoms with E-state index in [2.05, 4.69) is 26.5 Å². The number of aryl methyl sites for hydroxylation is 1. The number of imidazole rings is 1. The smallest absolute Gasteiger partial charge is 0.255 e. The molecule has 34 heavy (non-hydrogen) atoms. The van der Waals surface area contributed by atoms with Crippen LogP contribution < -0.4 is 4.90 Å². The van der Waals surface area contributed by atoms with Gasteiger partial charge in [0.25, 0.3) is 5.95 Å². The zero-order valence-electron chi connectivity index (χ0n) is 18.8. The second kappa shape index (κ2) is 8.47. The van der Waals surface area contributed by atoms with Crippen LogP contribution in [0.15, 0.2) is 48.9 Å². The molecule has 4 aromatic heterocycles. The molecule has 1 fully saturated rings. The molecule has 6 rings (SSSR count). The third-order valence-corrected chi connectivity index (χ3v) is 6.14. The van der Waals surface area contributed by atoms with Gasteiger partial charge in [0.15, 0.2) is 17.0 Å². The third kappa shape index (κ3) is 3.39. The maximum absolute atomic E-state index is 9.64. The van der Waals surface area contributed by atoms with Gasteiger partial charge < -0.3 is 19.3 Å². The number of aromatic nitrogens is 7. The van der Waals surface area contributed by atoms with Crippen molar-refractivity contribution in [3.05, 3.63) is 54.5 Å². The van der Waals surface area contributed by atoms with Crippen molar-refractivity contribution in [2.24, 2.45) is 0 Å². The van der Waals surface area contributed by atoms with Crippen molar-refractivity contribution in [1.29, 1.82) is 0 Å². The van der Waals surface area contributed by atoms with Crippen molar-refractivity contribution in [3.8, 4) is 17.3 Å². The van der Waals surface area contributed by atoms with Crippen molar-refractivity contribution < 1.29 is 9.84 Å². The lowest BCUT2D eigenvalue weighted by molar-refractivity contribution is 0.122. The molecule has 0 bridgehead atoms. The summed E-state index contributed by atoms with van der Waals surface area (Å²) in [5, 5.41) is 15.2. The van der Waals surface area contributed by atoms with Gasteiger partial charge in [0.2, 0.25) is 0 Å². The van der Waals surface area contributed by atoms with E-state index in [-0.39, 0.29) is 6.61 Å². The standard InChI is InChI=1S/C24H24N8O2/c1-2-31-21(17-5-7-25-8-6-17)27-20-22(30-9-11-34-12-10-30)28-24(29-23(20)31)32-19-13-16(15-33)3-4-18(19)14-26-32/h3-8,13-14,33H,2,9-12,15H2,1H3. The Kier molecular flexibility index (Phi) is 5.16. The molecule has 0 unspecified atom stereocenters. The summed E-state index contributed by atoms with van der Waals surface area (Å²) in [5.74, 6) is 2.07. The van der Waals surface area contributed by atoms with Crippen LogP contribution >= 0.6 is 0 Å². The fourth-order valence-electron chi connectivity index (χ4n) is 4.41. The maximum atomic E-state index is 9.64. The largest absolute Gasteiger partial charge is 0.392 e. The molecule has 1 saturated heterocycles. The molecule has 172 valence electrons. The molecule has 1 N–H and O–H groups in total. The molecule has 0 atom stereocenters. The minimum atomic E-state index is -0.0437. The molecule has 1 aromatic carbocycles. The third-order valence-electron chi connectivity index (χ3n) is 6.14. The summed E-state index contributed by atoms with van der Waals surface area (Å²) in [6.45, 7) is 5.46. The van der Waals surface area contributed by atoms with Gasteiger partial charge in [-0.3, -0.25) is 4.98 Å². The first-order valence-corrected chi connectivity index (χ1v) is 11.4. The highest BCUT2D eigenvalue weighted by atomic mass is 16.5. The van der Waals surface area contributed by atoms with Gasteiger partial charge >= 0.3 is 0 Å². The molecule has 1 aliphatic rings. The molecule has 0 radical (unpaired) electrons. The van der Waals surface area contributed by atoms with Crippen LogP contribution in [0.4, 0.5) is 5.82 Å². The van der Waals surface area contributed by atoms with Crippen LogP contribution in [-0.2, 0) is 17.9 Å². The number of benzene rings is 1. The van der Waals surface area contributed by atoms with Crippen molar-refractivity contribution in [3.63, 3.8) is 0 Å². The number of hydrogen-bond donors (Lipinski definition) is 1. The number of pyridine rings is 1. The van der Waals surface area contributed by atoms with E-state index in [1.54, 1.807) is 23.3 Å². The lowest BCUT2D eigenvalue weighted by Gasteiger charge is -2.28. The Morgan fingerprint density at radius 1 is 1.03 bits per heavy atom. The van der Waals surface area contributed by atoms with Crippen LogP contribution in [0.5, 0.6) is 0 Å². The second-order valence-electron chi connectivity index (χ2n) is 8.14. The highest BCUT2D eigenvalue weighted by molar-refractivity contribution is 5.88. The van der Waals surface area contributed by atoms with E-state index in [9.17, 15) is 5.11 Å². The van der Waals surface area contributed by atoms with E-state index in [0.717, 1.165) is 57.9 Å². The summed E-state index contributed by atoms with van der Waals surface area (Å²) in [4.78, 5) is 21.3. The van der Waals surface area contributed by atoms with Crippen LogP contribution in [0.2, 0.25) is 0 Å². The molecule has 10 nitrogen and oxygen atoms in total. The Bertz CT molecular complexity index is 1470. The molecule has 5 aromatic rings. The molecule has 0 amide bonds. The van der Waals surface area contributed by atoms with Crippen LogP contribution in [0.25, 0.3) is 39.4 Å². The zero-order chi connectivity index (χ0) is 23.1. The molecule has 10 heteroatoms. The molecule has 1 aliphatic heterocycles. The van der Waals surface area contributed by atoms with Crippen molar-refractivity contribution in [2.75, 3.05) is 31.2 Å². The van der Waals surface area contributed by atoms with E-state index in [0.29, 0.717) is 25.7 Å². The number of aliphatic hydroxyl groups excluding tert-OH is 1. The van der Waals surface area contributed by atoms with Crippen LogP contribution in [0.3, 0.4) is 0 Å². The Labute approximate surface area is 195 Å². The lowest BCUT2D eigenvalue weighted by Crippen LogP contribution is -2.37. The zero-order valence-corrected chi connectivity index (χ0v) is 18.8. The van der Waals surface area contributed by atoms with Crippen LogP contribution in [0.1, 0.15) is 12.5 Å². The maximum Gasteiger partial charge on any atom is 0.255 e. The lowest BCUT2D eigenvalue weighted by atomic mass is 10.2. The van der Waals surface area contributed by atoms with Gasteiger partial charge in [-0.05, 0) is 30.7 Å². The number of aliphatic hydroxyl groups is 1.